The van der Waals surface area contributed by atoms with Crippen molar-refractivity contribution >= 4 is 5.69 Å². The van der Waals surface area contributed by atoms with Crippen molar-refractivity contribution in [3.05, 3.63) is 41.7 Å². The normalized spacial score (nSPS) is 20.7. The van der Waals surface area contributed by atoms with Crippen LogP contribution in [0.5, 0.6) is 11.8 Å². The maximum Gasteiger partial charge on any atom is 0.421 e. The Morgan fingerprint density at radius 2 is 1.95 bits per heavy atom. The zero-order valence-electron chi connectivity index (χ0n) is 11.5. The molecule has 2 N–H and O–H groups in total. The zero-order valence-corrected chi connectivity index (χ0v) is 11.5. The van der Waals surface area contributed by atoms with E-state index in [9.17, 15) is 13.2 Å². The number of hydrogen-bond donors (Lipinski definition) is 1. The van der Waals surface area contributed by atoms with E-state index in [2.05, 4.69) is 9.97 Å². The fourth-order valence-corrected chi connectivity index (χ4v) is 2.21. The summed E-state index contributed by atoms with van der Waals surface area (Å²) in [6.45, 7) is 0.909. The predicted octanol–water partition coefficient (Wildman–Crippen LogP) is 3.16. The Hall–Kier alpha value is -2.35. The van der Waals surface area contributed by atoms with E-state index in [-0.39, 0.29) is 23.9 Å². The van der Waals surface area contributed by atoms with Gasteiger partial charge >= 0.3 is 12.2 Å². The van der Waals surface area contributed by atoms with Gasteiger partial charge in [0.1, 0.15) is 5.75 Å². The van der Waals surface area contributed by atoms with Crippen molar-refractivity contribution < 1.29 is 22.6 Å². The summed E-state index contributed by atoms with van der Waals surface area (Å²) in [4.78, 5) is 7.68. The number of nitrogens with two attached hydrogens (primary N) is 1. The number of hydrogen-bond acceptors (Lipinski definition) is 5. The van der Waals surface area contributed by atoms with Gasteiger partial charge in [0.2, 0.25) is 0 Å². The first-order valence-corrected chi connectivity index (χ1v) is 6.39. The van der Waals surface area contributed by atoms with Crippen molar-refractivity contribution in [3.8, 4) is 11.8 Å². The predicted molar refractivity (Wildman–Crippen MR) is 71.2 cm³/mol. The number of halogens is 3. The number of nitrogens with zero attached hydrogens (tertiary/aromatic N) is 2. The lowest BCUT2D eigenvalue weighted by Gasteiger charge is -2.27. The van der Waals surface area contributed by atoms with Crippen LogP contribution in [0.4, 0.5) is 18.9 Å². The van der Waals surface area contributed by atoms with Gasteiger partial charge in [-0.15, -0.1) is 0 Å². The Kier molecular flexibility index (Phi) is 3.21. The number of fused-ring (bicyclic) bond motifs is 1. The smallest absolute Gasteiger partial charge is 0.421 e. The molecule has 5 nitrogen and oxygen atoms in total. The first-order valence-electron chi connectivity index (χ1n) is 6.39. The molecule has 0 amide bonds. The third-order valence-electron chi connectivity index (χ3n) is 3.51. The van der Waals surface area contributed by atoms with Gasteiger partial charge in [0.05, 0.1) is 24.7 Å². The van der Waals surface area contributed by atoms with E-state index in [1.165, 1.54) is 18.5 Å². The van der Waals surface area contributed by atoms with Crippen molar-refractivity contribution in [1.82, 2.24) is 9.97 Å². The number of rotatable bonds is 2. The van der Waals surface area contributed by atoms with Gasteiger partial charge in [0, 0.05) is 5.56 Å². The van der Waals surface area contributed by atoms with Crippen LogP contribution in [0.15, 0.2) is 30.6 Å². The second-order valence-corrected chi connectivity index (χ2v) is 5.04. The van der Waals surface area contributed by atoms with Gasteiger partial charge in [-0.05, 0) is 24.6 Å². The van der Waals surface area contributed by atoms with Crippen LogP contribution >= 0.6 is 0 Å². The van der Waals surface area contributed by atoms with Gasteiger partial charge in [-0.2, -0.15) is 13.2 Å². The molecule has 0 saturated carbocycles. The number of anilines is 1. The molecule has 1 aromatic heterocycles. The molecule has 1 aliphatic rings. The molecule has 2 aromatic rings. The summed E-state index contributed by atoms with van der Waals surface area (Å²) in [6, 6.07) is 4.39. The number of aromatic nitrogens is 2. The van der Waals surface area contributed by atoms with E-state index in [1.807, 2.05) is 0 Å². The van der Waals surface area contributed by atoms with Crippen molar-refractivity contribution in [2.75, 3.05) is 5.73 Å². The molecule has 1 unspecified atom stereocenters. The van der Waals surface area contributed by atoms with Gasteiger partial charge in [-0.1, -0.05) is 6.07 Å². The first-order chi connectivity index (χ1) is 10.3. The van der Waals surface area contributed by atoms with E-state index in [1.54, 1.807) is 12.1 Å². The van der Waals surface area contributed by atoms with Crippen LogP contribution in [0.25, 0.3) is 0 Å². The third kappa shape index (κ3) is 2.35. The molecule has 0 spiro atoms. The van der Waals surface area contributed by atoms with Crippen LogP contribution in [0.1, 0.15) is 18.1 Å². The summed E-state index contributed by atoms with van der Waals surface area (Å²) in [5.41, 5.74) is 3.98. The maximum absolute atomic E-state index is 13.2. The summed E-state index contributed by atoms with van der Waals surface area (Å²) < 4.78 is 50.0. The van der Waals surface area contributed by atoms with Gasteiger partial charge < -0.3 is 15.2 Å². The fraction of sp³-hybridized carbons (Fsp3) is 0.286. The molecule has 0 aliphatic carbocycles. The summed E-state index contributed by atoms with van der Waals surface area (Å²) in [6.07, 6.45) is -1.83. The SMILES string of the molecule is CC1(C(F)(F)F)OCc2ccc(Oc3ncc(N)cn3)cc21. The van der Waals surface area contributed by atoms with Crippen molar-refractivity contribution in [2.24, 2.45) is 0 Å². The minimum absolute atomic E-state index is 0.00165. The monoisotopic (exact) mass is 311 g/mol. The summed E-state index contributed by atoms with van der Waals surface area (Å²) >= 11 is 0. The van der Waals surface area contributed by atoms with E-state index in [0.29, 0.717) is 11.3 Å². The Morgan fingerprint density at radius 1 is 1.27 bits per heavy atom. The molecule has 1 aliphatic heterocycles. The quantitative estimate of drug-likeness (QED) is 0.922. The minimum atomic E-state index is -4.52. The average Bonchev–Trinajstić information content (AvgIpc) is 2.80. The van der Waals surface area contributed by atoms with Crippen LogP contribution in [0.3, 0.4) is 0 Å². The van der Waals surface area contributed by atoms with Crippen molar-refractivity contribution in [1.29, 1.82) is 0 Å². The number of nitrogen functional groups attached to an aromatic ring is 1. The van der Waals surface area contributed by atoms with Crippen LogP contribution in [0, 0.1) is 0 Å². The maximum atomic E-state index is 13.2. The standard InChI is InChI=1S/C14H12F3N3O2/c1-13(14(15,16)17)11-4-10(3-2-8(11)7-21-13)22-12-19-5-9(18)6-20-12/h2-6H,7,18H2,1H3. The van der Waals surface area contributed by atoms with Gasteiger partial charge in [-0.25, -0.2) is 9.97 Å². The molecule has 3 rings (SSSR count). The highest BCUT2D eigenvalue weighted by Crippen LogP contribution is 2.48. The summed E-state index contributed by atoms with van der Waals surface area (Å²) in [5.74, 6) is 0.199. The Balaban J connectivity index is 1.94. The van der Waals surface area contributed by atoms with E-state index >= 15 is 0 Å². The third-order valence-corrected chi connectivity index (χ3v) is 3.51. The highest BCUT2D eigenvalue weighted by molar-refractivity contribution is 5.43. The minimum Gasteiger partial charge on any atom is -0.424 e. The molecule has 22 heavy (non-hydrogen) atoms. The van der Waals surface area contributed by atoms with E-state index < -0.39 is 11.8 Å². The lowest BCUT2D eigenvalue weighted by Crippen LogP contribution is -2.38. The Bertz CT molecular complexity index is 703. The second-order valence-electron chi connectivity index (χ2n) is 5.04. The Labute approximate surface area is 123 Å². The van der Waals surface area contributed by atoms with Crippen LogP contribution in [-0.2, 0) is 16.9 Å². The summed E-state index contributed by atoms with van der Waals surface area (Å²) in [7, 11) is 0. The molecular weight excluding hydrogens is 299 g/mol. The highest BCUT2D eigenvalue weighted by atomic mass is 19.4. The van der Waals surface area contributed by atoms with Gasteiger partial charge in [0.25, 0.3) is 0 Å². The number of benzene rings is 1. The van der Waals surface area contributed by atoms with Crippen LogP contribution in [0.2, 0.25) is 0 Å². The van der Waals surface area contributed by atoms with Crippen LogP contribution < -0.4 is 10.5 Å². The molecule has 0 radical (unpaired) electrons. The number of alkyl halides is 3. The van der Waals surface area contributed by atoms with Crippen molar-refractivity contribution in [2.45, 2.75) is 25.3 Å². The first kappa shape index (κ1) is 14.6. The van der Waals surface area contributed by atoms with E-state index in [4.69, 9.17) is 15.2 Å². The molecule has 1 aromatic carbocycles. The number of ether oxygens (including phenoxy) is 2. The van der Waals surface area contributed by atoms with E-state index in [0.717, 1.165) is 6.92 Å². The fourth-order valence-electron chi connectivity index (χ4n) is 2.21. The van der Waals surface area contributed by atoms with Crippen LogP contribution in [-0.4, -0.2) is 16.1 Å². The topological polar surface area (TPSA) is 70.3 Å². The summed E-state index contributed by atoms with van der Waals surface area (Å²) in [5, 5.41) is 0. The molecular formula is C14H12F3N3O2. The molecule has 0 fully saturated rings. The van der Waals surface area contributed by atoms with Gasteiger partial charge in [0.15, 0.2) is 5.60 Å². The zero-order chi connectivity index (χ0) is 16.0. The molecule has 2 heterocycles. The molecule has 8 heteroatoms. The lowest BCUT2D eigenvalue weighted by atomic mass is 9.93. The second kappa shape index (κ2) is 4.84. The highest BCUT2D eigenvalue weighted by Gasteiger charge is 2.57. The lowest BCUT2D eigenvalue weighted by molar-refractivity contribution is -0.272. The molecule has 0 saturated heterocycles. The molecule has 1 atom stereocenters. The van der Waals surface area contributed by atoms with Gasteiger partial charge in [-0.3, -0.25) is 0 Å². The molecule has 0 bridgehead atoms. The molecule has 116 valence electrons. The average molecular weight is 311 g/mol. The largest absolute Gasteiger partial charge is 0.424 e. The Morgan fingerprint density at radius 3 is 2.59 bits per heavy atom. The van der Waals surface area contributed by atoms with Crippen molar-refractivity contribution in [3.63, 3.8) is 0 Å².